The summed E-state index contributed by atoms with van der Waals surface area (Å²) in [7, 11) is 0. The van der Waals surface area contributed by atoms with Crippen molar-refractivity contribution < 1.29 is 24.5 Å². The summed E-state index contributed by atoms with van der Waals surface area (Å²) in [5, 5.41) is 18.3. The number of ether oxygens (including phenoxy) is 1. The highest BCUT2D eigenvalue weighted by atomic mass is 16.6. The molecule has 1 rings (SSSR count). The number of carbonyl (C=O) groups is 2. The van der Waals surface area contributed by atoms with Crippen LogP contribution in [-0.2, 0) is 9.53 Å². The Kier molecular flexibility index (Phi) is 4.21. The molecule has 0 radical (unpaired) electrons. The topological polar surface area (TPSA) is 87.1 Å². The SMILES string of the molecule is CC(C)(C)OC(=O)N(CCO)C1(C(=O)O)CCC1. The van der Waals surface area contributed by atoms with Gasteiger partial charge in [-0.15, -0.1) is 0 Å². The minimum Gasteiger partial charge on any atom is -0.479 e. The Labute approximate surface area is 107 Å². The first-order valence-corrected chi connectivity index (χ1v) is 6.08. The van der Waals surface area contributed by atoms with Crippen LogP contribution in [0.15, 0.2) is 0 Å². The van der Waals surface area contributed by atoms with Crippen LogP contribution in [0.2, 0.25) is 0 Å². The zero-order valence-corrected chi connectivity index (χ0v) is 11.1. The summed E-state index contributed by atoms with van der Waals surface area (Å²) in [5.41, 5.74) is -1.89. The molecule has 0 spiro atoms. The van der Waals surface area contributed by atoms with Crippen molar-refractivity contribution in [1.82, 2.24) is 4.90 Å². The number of hydrogen-bond donors (Lipinski definition) is 2. The number of carboxylic acids is 1. The normalized spacial score (nSPS) is 17.8. The predicted octanol–water partition coefficient (Wildman–Crippen LogP) is 1.22. The molecule has 6 heteroatoms. The first kappa shape index (κ1) is 14.8. The van der Waals surface area contributed by atoms with E-state index in [1.54, 1.807) is 20.8 Å². The second-order valence-corrected chi connectivity index (χ2v) is 5.55. The van der Waals surface area contributed by atoms with Crippen LogP contribution in [-0.4, -0.2) is 51.5 Å². The highest BCUT2D eigenvalue weighted by Gasteiger charge is 2.52. The van der Waals surface area contributed by atoms with Gasteiger partial charge in [-0.05, 0) is 40.0 Å². The van der Waals surface area contributed by atoms with Crippen molar-refractivity contribution >= 4 is 12.1 Å². The van der Waals surface area contributed by atoms with Gasteiger partial charge in [-0.3, -0.25) is 4.90 Å². The number of β-amino-alcohol motifs (C(OH)–C–C–N with tert-alkyl or cyclic N) is 1. The molecule has 0 bridgehead atoms. The average molecular weight is 259 g/mol. The van der Waals surface area contributed by atoms with E-state index in [-0.39, 0.29) is 13.2 Å². The Bertz CT molecular complexity index is 330. The molecule has 1 aliphatic rings. The molecule has 18 heavy (non-hydrogen) atoms. The zero-order valence-electron chi connectivity index (χ0n) is 11.1. The van der Waals surface area contributed by atoms with Gasteiger partial charge in [0.1, 0.15) is 11.1 Å². The van der Waals surface area contributed by atoms with Gasteiger partial charge in [0.25, 0.3) is 0 Å². The summed E-state index contributed by atoms with van der Waals surface area (Å²) in [6.07, 6.45) is 0.888. The van der Waals surface area contributed by atoms with E-state index in [4.69, 9.17) is 9.84 Å². The summed E-state index contributed by atoms with van der Waals surface area (Å²) in [4.78, 5) is 24.5. The Hall–Kier alpha value is -1.30. The molecule has 0 aromatic carbocycles. The highest BCUT2D eigenvalue weighted by molar-refractivity contribution is 5.85. The van der Waals surface area contributed by atoms with Crippen molar-refractivity contribution in [1.29, 1.82) is 0 Å². The first-order valence-electron chi connectivity index (χ1n) is 6.08. The monoisotopic (exact) mass is 259 g/mol. The van der Waals surface area contributed by atoms with Crippen LogP contribution in [0.1, 0.15) is 40.0 Å². The second kappa shape index (κ2) is 5.14. The fourth-order valence-corrected chi connectivity index (χ4v) is 2.01. The van der Waals surface area contributed by atoms with Crippen LogP contribution in [0.25, 0.3) is 0 Å². The fraction of sp³-hybridized carbons (Fsp3) is 0.833. The largest absolute Gasteiger partial charge is 0.479 e. The molecule has 1 fully saturated rings. The van der Waals surface area contributed by atoms with Crippen LogP contribution in [0.4, 0.5) is 4.79 Å². The van der Waals surface area contributed by atoms with Crippen molar-refractivity contribution in [2.45, 2.75) is 51.2 Å². The first-order chi connectivity index (χ1) is 8.23. The molecule has 0 atom stereocenters. The Balaban J connectivity index is 2.88. The lowest BCUT2D eigenvalue weighted by Crippen LogP contribution is -2.62. The third-order valence-corrected chi connectivity index (χ3v) is 3.03. The van der Waals surface area contributed by atoms with Gasteiger partial charge in [0.05, 0.1) is 6.61 Å². The van der Waals surface area contributed by atoms with Gasteiger partial charge in [0.15, 0.2) is 0 Å². The number of rotatable bonds is 4. The van der Waals surface area contributed by atoms with Gasteiger partial charge in [0.2, 0.25) is 0 Å². The smallest absolute Gasteiger partial charge is 0.411 e. The van der Waals surface area contributed by atoms with Crippen LogP contribution >= 0.6 is 0 Å². The number of amides is 1. The molecular formula is C12H21NO5. The van der Waals surface area contributed by atoms with Gasteiger partial charge in [-0.25, -0.2) is 9.59 Å². The highest BCUT2D eigenvalue weighted by Crippen LogP contribution is 2.38. The van der Waals surface area contributed by atoms with E-state index < -0.39 is 23.2 Å². The number of aliphatic hydroxyl groups excluding tert-OH is 1. The Morgan fingerprint density at radius 3 is 2.17 bits per heavy atom. The lowest BCUT2D eigenvalue weighted by Gasteiger charge is -2.46. The lowest BCUT2D eigenvalue weighted by atomic mass is 9.75. The Morgan fingerprint density at radius 1 is 1.33 bits per heavy atom. The van der Waals surface area contributed by atoms with Crippen LogP contribution in [0.5, 0.6) is 0 Å². The molecule has 2 N–H and O–H groups in total. The predicted molar refractivity (Wildman–Crippen MR) is 64.2 cm³/mol. The van der Waals surface area contributed by atoms with Gasteiger partial charge in [0, 0.05) is 6.54 Å². The van der Waals surface area contributed by atoms with Crippen LogP contribution < -0.4 is 0 Å². The average Bonchev–Trinajstić information content (AvgIpc) is 2.11. The van der Waals surface area contributed by atoms with Gasteiger partial charge in [-0.2, -0.15) is 0 Å². The molecule has 0 heterocycles. The summed E-state index contributed by atoms with van der Waals surface area (Å²) in [6, 6.07) is 0. The number of carboxylic acid groups (broad SMARTS) is 1. The molecule has 1 amide bonds. The molecule has 0 aromatic rings. The quantitative estimate of drug-likeness (QED) is 0.792. The number of nitrogens with zero attached hydrogens (tertiary/aromatic N) is 1. The molecule has 104 valence electrons. The van der Waals surface area contributed by atoms with E-state index in [0.29, 0.717) is 12.8 Å². The summed E-state index contributed by atoms with van der Waals surface area (Å²) in [6.45, 7) is 4.85. The second-order valence-electron chi connectivity index (χ2n) is 5.55. The maximum Gasteiger partial charge on any atom is 0.411 e. The molecule has 6 nitrogen and oxygen atoms in total. The van der Waals surface area contributed by atoms with E-state index >= 15 is 0 Å². The van der Waals surface area contributed by atoms with E-state index in [0.717, 1.165) is 11.3 Å². The summed E-state index contributed by atoms with van der Waals surface area (Å²) < 4.78 is 5.20. The van der Waals surface area contributed by atoms with Crippen molar-refractivity contribution in [2.75, 3.05) is 13.2 Å². The van der Waals surface area contributed by atoms with E-state index in [1.165, 1.54) is 0 Å². The maximum atomic E-state index is 12.0. The van der Waals surface area contributed by atoms with Crippen molar-refractivity contribution in [3.63, 3.8) is 0 Å². The number of aliphatic hydroxyl groups is 1. The van der Waals surface area contributed by atoms with E-state index in [2.05, 4.69) is 0 Å². The summed E-state index contributed by atoms with van der Waals surface area (Å²) >= 11 is 0. The minimum atomic E-state index is -1.20. The molecule has 1 saturated carbocycles. The third kappa shape index (κ3) is 2.93. The lowest BCUT2D eigenvalue weighted by molar-refractivity contribution is -0.158. The fourth-order valence-electron chi connectivity index (χ4n) is 2.01. The van der Waals surface area contributed by atoms with E-state index in [9.17, 15) is 14.7 Å². The molecule has 1 aliphatic carbocycles. The van der Waals surface area contributed by atoms with Crippen molar-refractivity contribution in [3.8, 4) is 0 Å². The van der Waals surface area contributed by atoms with Gasteiger partial charge < -0.3 is 14.9 Å². The summed E-state index contributed by atoms with van der Waals surface area (Å²) in [5.74, 6) is -1.03. The molecule has 0 aliphatic heterocycles. The number of carbonyl (C=O) groups excluding carboxylic acids is 1. The van der Waals surface area contributed by atoms with Crippen molar-refractivity contribution in [3.05, 3.63) is 0 Å². The molecular weight excluding hydrogens is 238 g/mol. The Morgan fingerprint density at radius 2 is 1.89 bits per heavy atom. The van der Waals surface area contributed by atoms with Gasteiger partial charge in [-0.1, -0.05) is 0 Å². The number of aliphatic carboxylic acids is 1. The van der Waals surface area contributed by atoms with Crippen LogP contribution in [0.3, 0.4) is 0 Å². The molecule has 0 saturated heterocycles. The van der Waals surface area contributed by atoms with E-state index in [1.807, 2.05) is 0 Å². The maximum absolute atomic E-state index is 12.0. The van der Waals surface area contributed by atoms with Crippen LogP contribution in [0, 0.1) is 0 Å². The minimum absolute atomic E-state index is 0.0266. The standard InChI is InChI=1S/C12H21NO5/c1-11(2,3)18-10(17)13(7-8-14)12(9(15)16)5-4-6-12/h14H,4-8H2,1-3H3,(H,15,16). The van der Waals surface area contributed by atoms with Gasteiger partial charge >= 0.3 is 12.1 Å². The zero-order chi connectivity index (χ0) is 14.0. The van der Waals surface area contributed by atoms with Crippen molar-refractivity contribution in [2.24, 2.45) is 0 Å². The molecule has 0 unspecified atom stereocenters. The third-order valence-electron chi connectivity index (χ3n) is 3.03. The number of hydrogen-bond acceptors (Lipinski definition) is 4. The molecule has 0 aromatic heterocycles.